The van der Waals surface area contributed by atoms with Gasteiger partial charge < -0.3 is 29.3 Å². The average molecular weight is 486 g/mol. The second kappa shape index (κ2) is 11.4. The van der Waals surface area contributed by atoms with Crippen LogP contribution in [0.15, 0.2) is 29.1 Å². The van der Waals surface area contributed by atoms with Crippen molar-refractivity contribution < 1.29 is 24.2 Å². The summed E-state index contributed by atoms with van der Waals surface area (Å²) in [6.45, 7) is 14.3. The van der Waals surface area contributed by atoms with E-state index in [1.54, 1.807) is 43.5 Å². The van der Waals surface area contributed by atoms with Crippen molar-refractivity contribution in [3.8, 4) is 5.75 Å². The summed E-state index contributed by atoms with van der Waals surface area (Å²) in [5.41, 5.74) is 0.00518. The van der Waals surface area contributed by atoms with Gasteiger partial charge in [-0.3, -0.25) is 4.79 Å². The van der Waals surface area contributed by atoms with Gasteiger partial charge in [-0.25, -0.2) is 4.79 Å². The van der Waals surface area contributed by atoms with E-state index in [0.29, 0.717) is 40.9 Å². The molecule has 0 atom stereocenters. The first-order valence-electron chi connectivity index (χ1n) is 11.9. The molecule has 0 saturated heterocycles. The molecule has 35 heavy (non-hydrogen) atoms. The monoisotopic (exact) mass is 485 g/mol. The van der Waals surface area contributed by atoms with Crippen molar-refractivity contribution in [2.24, 2.45) is 5.41 Å². The summed E-state index contributed by atoms with van der Waals surface area (Å²) in [6.07, 6.45) is 3.47. The van der Waals surface area contributed by atoms with Gasteiger partial charge >= 0.3 is 6.09 Å². The molecule has 0 fully saturated rings. The predicted molar refractivity (Wildman–Crippen MR) is 135 cm³/mol. The van der Waals surface area contributed by atoms with Crippen molar-refractivity contribution in [3.63, 3.8) is 0 Å². The maximum atomic E-state index is 13.6. The Morgan fingerprint density at radius 2 is 1.80 bits per heavy atom. The van der Waals surface area contributed by atoms with Gasteiger partial charge in [0, 0.05) is 11.9 Å². The van der Waals surface area contributed by atoms with E-state index in [1.807, 2.05) is 20.8 Å². The molecular weight excluding hydrogens is 448 g/mol. The lowest BCUT2D eigenvalue weighted by atomic mass is 9.96. The minimum Gasteiger partial charge on any atom is -0.545 e. The van der Waals surface area contributed by atoms with Crippen LogP contribution in [0.5, 0.6) is 5.75 Å². The van der Waals surface area contributed by atoms with E-state index in [-0.39, 0.29) is 17.5 Å². The molecule has 0 aliphatic carbocycles. The molecule has 2 aromatic rings. The number of unbranched alkanes of at least 4 members (excludes halogenated alkanes) is 1. The number of benzene rings is 1. The number of carboxylic acids is 1. The van der Waals surface area contributed by atoms with E-state index in [9.17, 15) is 19.5 Å². The van der Waals surface area contributed by atoms with Crippen LogP contribution in [-0.4, -0.2) is 28.8 Å². The topological polar surface area (TPSA) is 110 Å². The molecule has 192 valence electrons. The van der Waals surface area contributed by atoms with Gasteiger partial charge in [-0.2, -0.15) is 0 Å². The van der Waals surface area contributed by atoms with Gasteiger partial charge in [0.2, 0.25) is 0 Å². The number of fused-ring (bicyclic) bond motifs is 1. The van der Waals surface area contributed by atoms with Gasteiger partial charge in [0.05, 0.1) is 30.2 Å². The molecule has 0 unspecified atom stereocenters. The molecule has 0 bridgehead atoms. The van der Waals surface area contributed by atoms with Crippen LogP contribution in [0.2, 0.25) is 0 Å². The third-order valence-corrected chi connectivity index (χ3v) is 4.94. The normalized spacial score (nSPS) is 12.2. The summed E-state index contributed by atoms with van der Waals surface area (Å²) in [4.78, 5) is 36.9. The minimum absolute atomic E-state index is 0.0245. The molecule has 2 rings (SSSR count). The van der Waals surface area contributed by atoms with Crippen LogP contribution in [0.25, 0.3) is 16.8 Å². The SMILES string of the molecule is CCCCOc1c(CNC(=O)OC(C)(C)C)n(CC(C)(C)C)c(=O)c2ccc(/C=C/C(=O)[O-])cc12. The Kier molecular flexibility index (Phi) is 9.12. The van der Waals surface area contributed by atoms with Crippen molar-refractivity contribution in [1.82, 2.24) is 9.88 Å². The molecule has 1 heterocycles. The lowest BCUT2D eigenvalue weighted by Gasteiger charge is -2.26. The van der Waals surface area contributed by atoms with Crippen LogP contribution in [0, 0.1) is 5.41 Å². The summed E-state index contributed by atoms with van der Waals surface area (Å²) in [7, 11) is 0. The lowest BCUT2D eigenvalue weighted by Crippen LogP contribution is -2.36. The van der Waals surface area contributed by atoms with Crippen LogP contribution in [0.1, 0.15) is 72.6 Å². The maximum Gasteiger partial charge on any atom is 0.407 e. The standard InChI is InChI=1S/C27H38N2O6/c1-8-9-14-34-23-20-15-18(11-13-22(30)31)10-12-19(20)24(32)29(17-26(2,3)4)21(23)16-28-25(33)35-27(5,6)7/h10-13,15H,8-9,14,16-17H2,1-7H3,(H,28,33)(H,30,31)/p-1/b13-11+. The molecule has 0 spiro atoms. The fraction of sp³-hybridized carbons (Fsp3) is 0.519. The highest BCUT2D eigenvalue weighted by Gasteiger charge is 2.23. The number of aliphatic carboxylic acids is 1. The first kappa shape index (κ1) is 28.0. The van der Waals surface area contributed by atoms with Crippen molar-refractivity contribution >= 4 is 28.9 Å². The molecule has 0 saturated carbocycles. The highest BCUT2D eigenvalue weighted by molar-refractivity contribution is 5.91. The number of carboxylic acid groups (broad SMARTS) is 1. The zero-order valence-corrected chi connectivity index (χ0v) is 21.8. The number of pyridine rings is 1. The van der Waals surface area contributed by atoms with Crippen molar-refractivity contribution in [1.29, 1.82) is 0 Å². The Bertz CT molecular complexity index is 1150. The Balaban J connectivity index is 2.73. The summed E-state index contributed by atoms with van der Waals surface area (Å²) in [5.74, 6) is -0.829. The van der Waals surface area contributed by atoms with Crippen LogP contribution in [0.4, 0.5) is 4.79 Å². The average Bonchev–Trinajstić information content (AvgIpc) is 2.72. The highest BCUT2D eigenvalue weighted by Crippen LogP contribution is 2.31. The second-order valence-corrected chi connectivity index (χ2v) is 10.7. The number of carbonyl (C=O) groups excluding carboxylic acids is 2. The van der Waals surface area contributed by atoms with Gasteiger partial charge in [0.15, 0.2) is 0 Å². The van der Waals surface area contributed by atoms with E-state index >= 15 is 0 Å². The first-order valence-corrected chi connectivity index (χ1v) is 11.9. The number of aromatic nitrogens is 1. The number of rotatable bonds is 9. The van der Waals surface area contributed by atoms with E-state index in [0.717, 1.165) is 18.9 Å². The number of alkyl carbamates (subject to hydrolysis) is 1. The van der Waals surface area contributed by atoms with Crippen LogP contribution in [0.3, 0.4) is 0 Å². The quantitative estimate of drug-likeness (QED) is 0.424. The first-order chi connectivity index (χ1) is 16.2. The third-order valence-electron chi connectivity index (χ3n) is 4.94. The number of carbonyl (C=O) groups is 2. The highest BCUT2D eigenvalue weighted by atomic mass is 16.6. The Hall–Kier alpha value is -3.29. The van der Waals surface area contributed by atoms with Crippen molar-refractivity contribution in [2.75, 3.05) is 6.61 Å². The minimum atomic E-state index is -1.31. The number of ether oxygens (including phenoxy) is 2. The number of amides is 1. The van der Waals surface area contributed by atoms with Crippen LogP contribution in [-0.2, 0) is 22.6 Å². The van der Waals surface area contributed by atoms with E-state index in [2.05, 4.69) is 12.2 Å². The molecule has 0 aliphatic heterocycles. The van der Waals surface area contributed by atoms with Gasteiger partial charge in [0.1, 0.15) is 11.4 Å². The fourth-order valence-corrected chi connectivity index (χ4v) is 3.52. The van der Waals surface area contributed by atoms with Gasteiger partial charge in [-0.1, -0.05) is 46.3 Å². The summed E-state index contributed by atoms with van der Waals surface area (Å²) in [5, 5.41) is 14.6. The molecular formula is C27H37N2O6-. The van der Waals surface area contributed by atoms with E-state index in [1.165, 1.54) is 6.08 Å². The summed E-state index contributed by atoms with van der Waals surface area (Å²) < 4.78 is 13.2. The zero-order valence-electron chi connectivity index (χ0n) is 21.8. The van der Waals surface area contributed by atoms with E-state index in [4.69, 9.17) is 9.47 Å². The number of hydrogen-bond acceptors (Lipinski definition) is 6. The Morgan fingerprint density at radius 3 is 2.37 bits per heavy atom. The second-order valence-electron chi connectivity index (χ2n) is 10.7. The molecule has 0 aliphatic rings. The van der Waals surface area contributed by atoms with E-state index < -0.39 is 17.7 Å². The Morgan fingerprint density at radius 1 is 1.11 bits per heavy atom. The zero-order chi connectivity index (χ0) is 26.4. The summed E-state index contributed by atoms with van der Waals surface area (Å²) >= 11 is 0. The van der Waals surface area contributed by atoms with Crippen molar-refractivity contribution in [2.45, 2.75) is 80.0 Å². The van der Waals surface area contributed by atoms with Gasteiger partial charge in [0.25, 0.3) is 5.56 Å². The molecule has 1 aromatic carbocycles. The van der Waals surface area contributed by atoms with Crippen LogP contribution < -0.4 is 20.7 Å². The summed E-state index contributed by atoms with van der Waals surface area (Å²) in [6, 6.07) is 5.07. The molecule has 1 aromatic heterocycles. The number of nitrogens with one attached hydrogen (secondary N) is 1. The van der Waals surface area contributed by atoms with Gasteiger partial charge in [-0.05, 0) is 56.4 Å². The smallest absolute Gasteiger partial charge is 0.407 e. The number of hydrogen-bond donors (Lipinski definition) is 1. The molecule has 8 heteroatoms. The molecule has 1 N–H and O–H groups in total. The van der Waals surface area contributed by atoms with Gasteiger partial charge in [-0.15, -0.1) is 0 Å². The molecule has 1 amide bonds. The fourth-order valence-electron chi connectivity index (χ4n) is 3.52. The lowest BCUT2D eigenvalue weighted by molar-refractivity contribution is -0.297. The molecule has 0 radical (unpaired) electrons. The predicted octanol–water partition coefficient (Wildman–Crippen LogP) is 4.01. The Labute approximate surface area is 206 Å². The largest absolute Gasteiger partial charge is 0.545 e. The maximum absolute atomic E-state index is 13.6. The number of nitrogens with zero attached hydrogens (tertiary/aromatic N) is 1. The third kappa shape index (κ3) is 8.46. The van der Waals surface area contributed by atoms with Crippen LogP contribution >= 0.6 is 0 Å². The molecule has 8 nitrogen and oxygen atoms in total. The van der Waals surface area contributed by atoms with Crippen molar-refractivity contribution in [3.05, 3.63) is 45.9 Å².